The Labute approximate surface area is 133 Å². The number of hydrogen-bond acceptors (Lipinski definition) is 3. The fourth-order valence-electron chi connectivity index (χ4n) is 2.08. The zero-order valence-corrected chi connectivity index (χ0v) is 14.0. The van der Waals surface area contributed by atoms with Gasteiger partial charge in [0.15, 0.2) is 0 Å². The predicted molar refractivity (Wildman–Crippen MR) is 83.3 cm³/mol. The third-order valence-electron chi connectivity index (χ3n) is 3.05. The molecule has 6 heteroatoms. The van der Waals surface area contributed by atoms with Crippen molar-refractivity contribution >= 4 is 15.9 Å². The molecule has 1 unspecified atom stereocenters. The molecule has 0 radical (unpaired) electrons. The average molecular weight is 366 g/mol. The van der Waals surface area contributed by atoms with Crippen LogP contribution in [-0.4, -0.2) is 39.3 Å². The first kappa shape index (κ1) is 18.3. The lowest BCUT2D eigenvalue weighted by Gasteiger charge is -2.18. The van der Waals surface area contributed by atoms with Crippen molar-refractivity contribution in [3.05, 3.63) is 28.2 Å². The summed E-state index contributed by atoms with van der Waals surface area (Å²) in [7, 11) is 1.63. The van der Waals surface area contributed by atoms with Crippen LogP contribution in [0.15, 0.2) is 22.7 Å². The molecule has 0 bridgehead atoms. The minimum Gasteiger partial charge on any atom is -0.496 e. The Bertz CT molecular complexity index is 419. The molecule has 1 atom stereocenters. The molecule has 1 aromatic carbocycles. The molecule has 0 heterocycles. The van der Waals surface area contributed by atoms with Gasteiger partial charge >= 0.3 is 0 Å². The largest absolute Gasteiger partial charge is 0.496 e. The molecule has 0 amide bonds. The molecule has 1 rings (SSSR count). The molecule has 0 aliphatic rings. The van der Waals surface area contributed by atoms with Gasteiger partial charge in [0.2, 0.25) is 0 Å². The summed E-state index contributed by atoms with van der Waals surface area (Å²) in [6.45, 7) is 2.69. The minimum atomic E-state index is -2.40. The van der Waals surface area contributed by atoms with Gasteiger partial charge in [0.25, 0.3) is 6.43 Å². The molecular formula is C15H22BrF2NO2. The van der Waals surface area contributed by atoms with Crippen LogP contribution < -0.4 is 10.1 Å². The van der Waals surface area contributed by atoms with Crippen LogP contribution in [0.4, 0.5) is 8.78 Å². The quantitative estimate of drug-likeness (QED) is 0.642. The molecule has 3 nitrogen and oxygen atoms in total. The topological polar surface area (TPSA) is 30.5 Å². The molecule has 0 aromatic heterocycles. The fourth-order valence-corrected chi connectivity index (χ4v) is 2.67. The van der Waals surface area contributed by atoms with Crippen LogP contribution in [0.2, 0.25) is 0 Å². The third-order valence-corrected chi connectivity index (χ3v) is 3.67. The Kier molecular flexibility index (Phi) is 8.80. The Hall–Kier alpha value is -0.720. The van der Waals surface area contributed by atoms with Crippen LogP contribution in [0, 0.1) is 0 Å². The molecule has 0 fully saturated rings. The number of nitrogens with one attached hydrogen (secondary N) is 1. The molecule has 0 aliphatic heterocycles. The molecule has 1 N–H and O–H groups in total. The fraction of sp³-hybridized carbons (Fsp3) is 0.600. The second-order valence-electron chi connectivity index (χ2n) is 4.68. The van der Waals surface area contributed by atoms with Crippen LogP contribution in [-0.2, 0) is 11.2 Å². The maximum atomic E-state index is 12.0. The van der Waals surface area contributed by atoms with E-state index < -0.39 is 13.0 Å². The highest BCUT2D eigenvalue weighted by Crippen LogP contribution is 2.26. The van der Waals surface area contributed by atoms with Crippen molar-refractivity contribution in [1.82, 2.24) is 5.32 Å². The number of methoxy groups -OCH3 is 1. The summed E-state index contributed by atoms with van der Waals surface area (Å²) in [4.78, 5) is 0. The maximum absolute atomic E-state index is 12.0. The molecule has 0 saturated carbocycles. The molecule has 1 aromatic rings. The van der Waals surface area contributed by atoms with Crippen molar-refractivity contribution in [3.8, 4) is 5.75 Å². The first-order valence-corrected chi connectivity index (χ1v) is 7.77. The van der Waals surface area contributed by atoms with Crippen LogP contribution in [0.3, 0.4) is 0 Å². The lowest BCUT2D eigenvalue weighted by molar-refractivity contribution is 0.0144. The average Bonchev–Trinajstić information content (AvgIpc) is 2.43. The van der Waals surface area contributed by atoms with Gasteiger partial charge in [-0.2, -0.15) is 0 Å². The molecule has 0 saturated heterocycles. The number of alkyl halides is 2. The predicted octanol–water partition coefficient (Wildman–Crippen LogP) is 3.65. The number of ether oxygens (including phenoxy) is 2. The first-order valence-electron chi connectivity index (χ1n) is 6.98. The van der Waals surface area contributed by atoms with Crippen molar-refractivity contribution in [2.45, 2.75) is 32.2 Å². The molecular weight excluding hydrogens is 344 g/mol. The van der Waals surface area contributed by atoms with E-state index in [9.17, 15) is 8.78 Å². The van der Waals surface area contributed by atoms with Gasteiger partial charge in [-0.1, -0.05) is 13.0 Å². The van der Waals surface area contributed by atoms with Gasteiger partial charge < -0.3 is 14.8 Å². The lowest BCUT2D eigenvalue weighted by atomic mass is 10.0. The monoisotopic (exact) mass is 365 g/mol. The Morgan fingerprint density at radius 2 is 2.10 bits per heavy atom. The standard InChI is InChI=1S/C15H22BrF2NO2/c1-3-19-12(6-7-21-10-15(17)18)8-11-4-5-14(20-2)13(16)9-11/h4-5,9,12,15,19H,3,6-8,10H2,1-2H3. The molecule has 0 spiro atoms. The summed E-state index contributed by atoms with van der Waals surface area (Å²) >= 11 is 3.46. The Morgan fingerprint density at radius 3 is 2.67 bits per heavy atom. The highest BCUT2D eigenvalue weighted by molar-refractivity contribution is 9.10. The number of benzene rings is 1. The van der Waals surface area contributed by atoms with E-state index in [4.69, 9.17) is 9.47 Å². The van der Waals surface area contributed by atoms with Crippen molar-refractivity contribution in [2.75, 3.05) is 26.9 Å². The smallest absolute Gasteiger partial charge is 0.261 e. The van der Waals surface area contributed by atoms with Gasteiger partial charge in [-0.3, -0.25) is 0 Å². The van der Waals surface area contributed by atoms with Gasteiger partial charge in [0.05, 0.1) is 11.6 Å². The summed E-state index contributed by atoms with van der Waals surface area (Å²) in [5, 5.41) is 3.35. The van der Waals surface area contributed by atoms with Crippen molar-refractivity contribution in [3.63, 3.8) is 0 Å². The van der Waals surface area contributed by atoms with Crippen LogP contribution >= 0.6 is 15.9 Å². The second-order valence-corrected chi connectivity index (χ2v) is 5.54. The minimum absolute atomic E-state index is 0.202. The molecule has 0 aliphatic carbocycles. The number of rotatable bonds is 10. The Balaban J connectivity index is 2.51. The summed E-state index contributed by atoms with van der Waals surface area (Å²) < 4.78 is 35.1. The van der Waals surface area contributed by atoms with Crippen molar-refractivity contribution in [2.24, 2.45) is 0 Å². The van der Waals surface area contributed by atoms with E-state index >= 15 is 0 Å². The van der Waals surface area contributed by atoms with Crippen LogP contribution in [0.25, 0.3) is 0 Å². The summed E-state index contributed by atoms with van der Waals surface area (Å²) in [6.07, 6.45) is -0.890. The highest BCUT2D eigenvalue weighted by Gasteiger charge is 2.11. The van der Waals surface area contributed by atoms with Gasteiger partial charge in [-0.25, -0.2) is 8.78 Å². The summed E-state index contributed by atoms with van der Waals surface area (Å²) in [6, 6.07) is 6.14. The van der Waals surface area contributed by atoms with Crippen molar-refractivity contribution < 1.29 is 18.3 Å². The third kappa shape index (κ3) is 7.20. The van der Waals surface area contributed by atoms with Gasteiger partial charge in [0, 0.05) is 12.6 Å². The SMILES string of the molecule is CCNC(CCOCC(F)F)Cc1ccc(OC)c(Br)c1. The van der Waals surface area contributed by atoms with Crippen LogP contribution in [0.1, 0.15) is 18.9 Å². The van der Waals surface area contributed by atoms with E-state index in [0.29, 0.717) is 13.0 Å². The van der Waals surface area contributed by atoms with E-state index in [2.05, 4.69) is 21.2 Å². The second kappa shape index (κ2) is 10.1. The molecule has 21 heavy (non-hydrogen) atoms. The maximum Gasteiger partial charge on any atom is 0.261 e. The van der Waals surface area contributed by atoms with Gasteiger partial charge in [-0.15, -0.1) is 0 Å². The number of hydrogen-bond donors (Lipinski definition) is 1. The van der Waals surface area contributed by atoms with E-state index in [1.54, 1.807) is 7.11 Å². The number of likely N-dealkylation sites (N-methyl/N-ethyl adjacent to an activating group) is 1. The zero-order chi connectivity index (χ0) is 15.7. The first-order chi connectivity index (χ1) is 10.1. The van der Waals surface area contributed by atoms with Crippen LogP contribution in [0.5, 0.6) is 5.75 Å². The van der Waals surface area contributed by atoms with E-state index in [1.807, 2.05) is 25.1 Å². The summed E-state index contributed by atoms with van der Waals surface area (Å²) in [5.41, 5.74) is 1.16. The molecule has 120 valence electrons. The van der Waals surface area contributed by atoms with Gasteiger partial charge in [0.1, 0.15) is 12.4 Å². The lowest BCUT2D eigenvalue weighted by Crippen LogP contribution is -2.32. The number of halogens is 3. The Morgan fingerprint density at radius 1 is 1.33 bits per heavy atom. The zero-order valence-electron chi connectivity index (χ0n) is 12.4. The summed E-state index contributed by atoms with van der Waals surface area (Å²) in [5.74, 6) is 0.791. The van der Waals surface area contributed by atoms with Crippen molar-refractivity contribution in [1.29, 1.82) is 0 Å². The normalized spacial score (nSPS) is 12.7. The van der Waals surface area contributed by atoms with Gasteiger partial charge in [-0.05, 0) is 53.0 Å². The van der Waals surface area contributed by atoms with E-state index in [-0.39, 0.29) is 6.04 Å². The highest BCUT2D eigenvalue weighted by atomic mass is 79.9. The van der Waals surface area contributed by atoms with E-state index in [0.717, 1.165) is 28.8 Å². The van der Waals surface area contributed by atoms with E-state index in [1.165, 1.54) is 0 Å².